The van der Waals surface area contributed by atoms with Gasteiger partial charge in [-0.1, -0.05) is 32.6 Å². The molecule has 1 amide bonds. The molecule has 0 unspecified atom stereocenters. The number of hydrogen-bond donors (Lipinski definition) is 2. The number of ether oxygens (including phenoxy) is 3. The number of aromatic nitrogens is 2. The van der Waals surface area contributed by atoms with Gasteiger partial charge in [-0.25, -0.2) is 8.42 Å². The van der Waals surface area contributed by atoms with E-state index in [1.165, 1.54) is 63.8 Å². The smallest absolute Gasteiger partial charge is 0.321 e. The van der Waals surface area contributed by atoms with Gasteiger partial charge in [-0.3, -0.25) is 9.52 Å². The minimum atomic E-state index is -3.96. The molecule has 3 rings (SSSR count). The van der Waals surface area contributed by atoms with Crippen LogP contribution in [-0.2, 0) is 10.0 Å². The first-order valence-corrected chi connectivity index (χ1v) is 13.5. The van der Waals surface area contributed by atoms with Crippen LogP contribution >= 0.6 is 0 Å². The van der Waals surface area contributed by atoms with E-state index in [9.17, 15) is 13.2 Å². The molecule has 198 valence electrons. The van der Waals surface area contributed by atoms with Crippen LogP contribution in [0.2, 0.25) is 0 Å². The highest BCUT2D eigenvalue weighted by molar-refractivity contribution is 7.92. The summed E-state index contributed by atoms with van der Waals surface area (Å²) in [6.45, 7) is 2.84. The first kappa shape index (κ1) is 27.7. The highest BCUT2D eigenvalue weighted by Gasteiger charge is 2.17. The van der Waals surface area contributed by atoms with E-state index in [1.54, 1.807) is 24.3 Å². The average Bonchev–Trinajstić information content (AvgIpc) is 2.90. The summed E-state index contributed by atoms with van der Waals surface area (Å²) in [6, 6.07) is 14.0. The van der Waals surface area contributed by atoms with E-state index < -0.39 is 10.0 Å². The Bertz CT molecular complexity index is 1240. The Labute approximate surface area is 217 Å². The maximum Gasteiger partial charge on any atom is 0.321 e. The summed E-state index contributed by atoms with van der Waals surface area (Å²) in [5.41, 5.74) is 0.905. The fourth-order valence-corrected chi connectivity index (χ4v) is 4.36. The molecule has 0 radical (unpaired) electrons. The van der Waals surface area contributed by atoms with Gasteiger partial charge >= 0.3 is 6.01 Å². The number of nitrogens with zero attached hydrogens (tertiary/aromatic N) is 2. The van der Waals surface area contributed by atoms with Crippen molar-refractivity contribution in [3.05, 3.63) is 60.2 Å². The largest absolute Gasteiger partial charge is 0.494 e. The van der Waals surface area contributed by atoms with Crippen molar-refractivity contribution in [1.29, 1.82) is 0 Å². The van der Waals surface area contributed by atoms with E-state index in [0.717, 1.165) is 12.8 Å². The molecule has 10 nitrogen and oxygen atoms in total. The quantitative estimate of drug-likeness (QED) is 0.283. The molecule has 2 aromatic carbocycles. The number of sulfonamides is 1. The van der Waals surface area contributed by atoms with Gasteiger partial charge in [-0.15, -0.1) is 0 Å². The zero-order chi connectivity index (χ0) is 26.7. The molecule has 3 aromatic rings. The van der Waals surface area contributed by atoms with Gasteiger partial charge in [0.2, 0.25) is 5.88 Å². The molecule has 11 heteroatoms. The molecule has 0 saturated heterocycles. The van der Waals surface area contributed by atoms with Gasteiger partial charge in [0.05, 0.1) is 25.7 Å². The molecule has 0 aliphatic rings. The predicted octanol–water partition coefficient (Wildman–Crippen LogP) is 4.90. The molecule has 0 bridgehead atoms. The summed E-state index contributed by atoms with van der Waals surface area (Å²) in [4.78, 5) is 20.5. The van der Waals surface area contributed by atoms with Crippen molar-refractivity contribution in [3.63, 3.8) is 0 Å². The molecule has 0 aliphatic carbocycles. The zero-order valence-electron chi connectivity index (χ0n) is 21.2. The zero-order valence-corrected chi connectivity index (χ0v) is 22.0. The van der Waals surface area contributed by atoms with E-state index in [2.05, 4.69) is 26.9 Å². The van der Waals surface area contributed by atoms with Gasteiger partial charge < -0.3 is 19.5 Å². The van der Waals surface area contributed by atoms with Crippen LogP contribution < -0.4 is 24.2 Å². The highest BCUT2D eigenvalue weighted by atomic mass is 32.2. The van der Waals surface area contributed by atoms with Gasteiger partial charge in [0, 0.05) is 17.3 Å². The molecule has 2 N–H and O–H groups in total. The monoisotopic (exact) mass is 528 g/mol. The first-order valence-electron chi connectivity index (χ1n) is 12.0. The van der Waals surface area contributed by atoms with E-state index in [-0.39, 0.29) is 28.5 Å². The van der Waals surface area contributed by atoms with Gasteiger partial charge in [-0.05, 0) is 55.0 Å². The second-order valence-corrected chi connectivity index (χ2v) is 9.84. The lowest BCUT2D eigenvalue weighted by atomic mass is 10.1. The number of methoxy groups -OCH3 is 2. The standard InChI is InChI=1S/C26H32N4O6S/c1-4-5-6-7-8-17-36-21-13-9-19(10-14-21)25(31)27-20-11-15-22(16-12-20)37(32,33)30-23-18-24(34-2)29-26(28-23)35-3/h9-16,18H,4-8,17H2,1-3H3,(H,27,31)(H,28,29,30). The number of amides is 1. The minimum Gasteiger partial charge on any atom is -0.494 e. The van der Waals surface area contributed by atoms with Gasteiger partial charge in [-0.2, -0.15) is 9.97 Å². The van der Waals surface area contributed by atoms with Crippen LogP contribution in [0.1, 0.15) is 49.4 Å². The van der Waals surface area contributed by atoms with E-state index in [4.69, 9.17) is 14.2 Å². The second kappa shape index (κ2) is 13.4. The van der Waals surface area contributed by atoms with Crippen molar-refractivity contribution < 1.29 is 27.4 Å². The van der Waals surface area contributed by atoms with Crippen LogP contribution in [0.3, 0.4) is 0 Å². The molecule has 0 fully saturated rings. The summed E-state index contributed by atoms with van der Waals surface area (Å²) in [7, 11) is -1.20. The number of unbranched alkanes of at least 4 members (excludes halogenated alkanes) is 4. The molecule has 0 atom stereocenters. The maximum atomic E-state index is 12.8. The molecule has 0 aliphatic heterocycles. The van der Waals surface area contributed by atoms with E-state index in [1.807, 2.05) is 0 Å². The molecule has 1 heterocycles. The summed E-state index contributed by atoms with van der Waals surface area (Å²) in [5, 5.41) is 2.76. The third-order valence-electron chi connectivity index (χ3n) is 5.37. The molecule has 37 heavy (non-hydrogen) atoms. The van der Waals surface area contributed by atoms with Crippen LogP contribution in [-0.4, -0.2) is 45.1 Å². The predicted molar refractivity (Wildman–Crippen MR) is 141 cm³/mol. The third-order valence-corrected chi connectivity index (χ3v) is 6.74. The number of benzene rings is 2. The molecular formula is C26H32N4O6S. The SMILES string of the molecule is CCCCCCCOc1ccc(C(=O)Nc2ccc(S(=O)(=O)Nc3cc(OC)nc(OC)n3)cc2)cc1. The van der Waals surface area contributed by atoms with Crippen LogP contribution in [0.25, 0.3) is 0 Å². The topological polar surface area (TPSA) is 129 Å². The van der Waals surface area contributed by atoms with E-state index in [0.29, 0.717) is 23.6 Å². The van der Waals surface area contributed by atoms with Crippen LogP contribution in [0.5, 0.6) is 17.6 Å². The van der Waals surface area contributed by atoms with Crippen molar-refractivity contribution in [3.8, 4) is 17.6 Å². The lowest BCUT2D eigenvalue weighted by Crippen LogP contribution is -2.15. The lowest BCUT2D eigenvalue weighted by molar-refractivity contribution is 0.102. The number of rotatable bonds is 14. The normalized spacial score (nSPS) is 11.0. The van der Waals surface area contributed by atoms with Gasteiger partial charge in [0.25, 0.3) is 15.9 Å². The fourth-order valence-electron chi connectivity index (χ4n) is 3.37. The second-order valence-electron chi connectivity index (χ2n) is 8.15. The maximum absolute atomic E-state index is 12.8. The highest BCUT2D eigenvalue weighted by Crippen LogP contribution is 2.22. The summed E-state index contributed by atoms with van der Waals surface area (Å²) >= 11 is 0. The van der Waals surface area contributed by atoms with Crippen molar-refractivity contribution in [2.75, 3.05) is 30.9 Å². The summed E-state index contributed by atoms with van der Waals surface area (Å²) < 4.78 is 43.6. The lowest BCUT2D eigenvalue weighted by Gasteiger charge is -2.11. The Hall–Kier alpha value is -3.86. The van der Waals surface area contributed by atoms with Crippen molar-refractivity contribution in [2.45, 2.75) is 43.9 Å². The minimum absolute atomic E-state index is 0.00926. The number of carbonyl (C=O) groups is 1. The Kier molecular flexibility index (Phi) is 10.1. The average molecular weight is 529 g/mol. The van der Waals surface area contributed by atoms with Crippen LogP contribution in [0.15, 0.2) is 59.5 Å². The number of anilines is 2. The molecule has 1 aromatic heterocycles. The number of hydrogen-bond acceptors (Lipinski definition) is 8. The molecular weight excluding hydrogens is 496 g/mol. The van der Waals surface area contributed by atoms with Crippen molar-refractivity contribution in [2.24, 2.45) is 0 Å². The first-order chi connectivity index (χ1) is 17.8. The Morgan fingerprint density at radius 2 is 1.59 bits per heavy atom. The van der Waals surface area contributed by atoms with Crippen LogP contribution in [0, 0.1) is 0 Å². The fraction of sp³-hybridized carbons (Fsp3) is 0.346. The Morgan fingerprint density at radius 1 is 0.892 bits per heavy atom. The Balaban J connectivity index is 1.56. The van der Waals surface area contributed by atoms with Crippen molar-refractivity contribution >= 4 is 27.4 Å². The van der Waals surface area contributed by atoms with Crippen molar-refractivity contribution in [1.82, 2.24) is 9.97 Å². The Morgan fingerprint density at radius 3 is 2.24 bits per heavy atom. The summed E-state index contributed by atoms with van der Waals surface area (Å²) in [5.74, 6) is 0.530. The van der Waals surface area contributed by atoms with Gasteiger partial charge in [0.15, 0.2) is 5.82 Å². The van der Waals surface area contributed by atoms with E-state index >= 15 is 0 Å². The van der Waals surface area contributed by atoms with Crippen LogP contribution in [0.4, 0.5) is 11.5 Å². The summed E-state index contributed by atoms with van der Waals surface area (Å²) in [6.07, 6.45) is 5.82. The molecule has 0 saturated carbocycles. The molecule has 0 spiro atoms. The number of carbonyl (C=O) groups excluding carboxylic acids is 1. The third kappa shape index (κ3) is 8.35. The number of nitrogens with one attached hydrogen (secondary N) is 2. The van der Waals surface area contributed by atoms with Gasteiger partial charge in [0.1, 0.15) is 5.75 Å².